The second-order valence-corrected chi connectivity index (χ2v) is 7.46. The average Bonchev–Trinajstić information content (AvgIpc) is 2.86. The predicted octanol–water partition coefficient (Wildman–Crippen LogP) is 7.38. The Kier molecular flexibility index (Phi) is 8.83. The van der Waals surface area contributed by atoms with Crippen molar-refractivity contribution in [2.24, 2.45) is 0 Å². The van der Waals surface area contributed by atoms with E-state index in [1.807, 2.05) is 72.9 Å². The fourth-order valence-corrected chi connectivity index (χ4v) is 3.63. The van der Waals surface area contributed by atoms with E-state index in [1.165, 1.54) is 22.3 Å². The van der Waals surface area contributed by atoms with Crippen LogP contribution in [0.3, 0.4) is 0 Å². The minimum atomic E-state index is 0. The number of aryl methyl sites for hydroxylation is 2. The molecule has 3 aromatic carbocycles. The van der Waals surface area contributed by atoms with Crippen LogP contribution in [0.5, 0.6) is 0 Å². The third kappa shape index (κ3) is 6.32. The molecule has 5 aromatic rings. The summed E-state index contributed by atoms with van der Waals surface area (Å²) in [6, 6.07) is 38.6. The summed E-state index contributed by atoms with van der Waals surface area (Å²) in [6.07, 6.45) is 3.66. The fourth-order valence-electron chi connectivity index (χ4n) is 3.63. The van der Waals surface area contributed by atoms with Crippen LogP contribution >= 0.6 is 0 Å². The number of benzene rings is 3. The van der Waals surface area contributed by atoms with E-state index in [4.69, 9.17) is 0 Å². The van der Waals surface area contributed by atoms with Crippen LogP contribution in [0.15, 0.2) is 109 Å². The van der Waals surface area contributed by atoms with Crippen molar-refractivity contribution in [1.82, 2.24) is 9.97 Å². The number of nitrogens with zero attached hydrogens (tertiary/aromatic N) is 2. The van der Waals surface area contributed by atoms with Crippen LogP contribution in [0.4, 0.5) is 0 Å². The normalized spacial score (nSPS) is 9.88. The first-order valence-electron chi connectivity index (χ1n) is 10.6. The summed E-state index contributed by atoms with van der Waals surface area (Å²) in [7, 11) is 0. The molecule has 5 rings (SSSR count). The summed E-state index contributed by atoms with van der Waals surface area (Å²) in [5, 5.41) is 0. The molecule has 0 bridgehead atoms. The molecule has 2 heterocycles. The second-order valence-electron chi connectivity index (χ2n) is 7.46. The van der Waals surface area contributed by atoms with Crippen molar-refractivity contribution in [2.75, 3.05) is 0 Å². The van der Waals surface area contributed by atoms with Crippen LogP contribution < -0.4 is 0 Å². The average molecular weight is 605 g/mol. The Morgan fingerprint density at radius 1 is 0.576 bits per heavy atom. The number of rotatable bonds is 3. The molecular weight excluding hydrogens is 581 g/mol. The molecule has 0 aliphatic rings. The molecule has 3 heteroatoms. The molecule has 0 fully saturated rings. The topological polar surface area (TPSA) is 25.8 Å². The third-order valence-electron chi connectivity index (χ3n) is 5.16. The smallest absolute Gasteiger partial charge is 0.0166 e. The first-order valence-corrected chi connectivity index (χ1v) is 10.6. The zero-order chi connectivity index (χ0) is 22.2. The van der Waals surface area contributed by atoms with Gasteiger partial charge in [0.1, 0.15) is 0 Å². The van der Waals surface area contributed by atoms with Gasteiger partial charge in [-0.3, -0.25) is 0 Å². The number of hydrogen-bond acceptors (Lipinski definition) is 2. The molecule has 0 saturated carbocycles. The van der Waals surface area contributed by atoms with E-state index >= 15 is 0 Å². The minimum absolute atomic E-state index is 0. The summed E-state index contributed by atoms with van der Waals surface area (Å²) >= 11 is 0. The van der Waals surface area contributed by atoms with Crippen molar-refractivity contribution in [3.05, 3.63) is 133 Å². The van der Waals surface area contributed by atoms with Gasteiger partial charge in [0.15, 0.2) is 0 Å². The van der Waals surface area contributed by atoms with Gasteiger partial charge in [-0.05, 0) is 59.6 Å². The summed E-state index contributed by atoms with van der Waals surface area (Å²) in [5.74, 6) is 0. The quantitative estimate of drug-likeness (QED) is 0.201. The Balaban J connectivity index is 0.000000202. The Bertz CT molecular complexity index is 1210. The first kappa shape index (κ1) is 24.3. The maximum atomic E-state index is 4.46. The molecule has 0 atom stereocenters. The van der Waals surface area contributed by atoms with Crippen LogP contribution in [0.2, 0.25) is 0 Å². The van der Waals surface area contributed by atoms with E-state index < -0.39 is 0 Å². The molecule has 2 nitrogen and oxygen atoms in total. The fraction of sp³-hybridized carbons (Fsp3) is 0.0667. The molecular formula is C30H24IrN2-2. The monoisotopic (exact) mass is 605 g/mol. The number of pyridine rings is 2. The van der Waals surface area contributed by atoms with Crippen molar-refractivity contribution in [2.45, 2.75) is 13.8 Å². The molecule has 165 valence electrons. The zero-order valence-electron chi connectivity index (χ0n) is 18.6. The Morgan fingerprint density at radius 3 is 1.76 bits per heavy atom. The van der Waals surface area contributed by atoms with Gasteiger partial charge in [-0.2, -0.15) is 0 Å². The van der Waals surface area contributed by atoms with E-state index in [0.717, 1.165) is 22.5 Å². The van der Waals surface area contributed by atoms with Crippen molar-refractivity contribution in [1.29, 1.82) is 0 Å². The number of hydrogen-bond donors (Lipinski definition) is 0. The molecule has 0 saturated heterocycles. The molecule has 0 aliphatic carbocycles. The van der Waals surface area contributed by atoms with E-state index in [0.29, 0.717) is 0 Å². The van der Waals surface area contributed by atoms with Gasteiger partial charge in [-0.1, -0.05) is 36.4 Å². The predicted molar refractivity (Wildman–Crippen MR) is 132 cm³/mol. The molecule has 2 aromatic heterocycles. The van der Waals surface area contributed by atoms with E-state index in [-0.39, 0.29) is 20.1 Å². The SMILES string of the molecule is Cc1cccc(C)c1-c1ccnc(-c2[c-]cccc2)c1.[Ir].[c-]1ccccc1-c1ccccn1. The van der Waals surface area contributed by atoms with E-state index in [2.05, 4.69) is 66.3 Å². The molecule has 0 spiro atoms. The van der Waals surface area contributed by atoms with Gasteiger partial charge in [0.2, 0.25) is 0 Å². The van der Waals surface area contributed by atoms with Crippen molar-refractivity contribution in [3.8, 4) is 33.6 Å². The van der Waals surface area contributed by atoms with Gasteiger partial charge in [0, 0.05) is 32.5 Å². The molecule has 0 unspecified atom stereocenters. The summed E-state index contributed by atoms with van der Waals surface area (Å²) in [4.78, 5) is 8.68. The standard InChI is InChI=1S/C19H16N.C11H8N.Ir/c1-14-7-6-8-15(2)19(14)17-11-12-20-18(13-17)16-9-4-3-5-10-16;1-2-6-10(7-3-1)11-8-4-5-9-12-11;/h3-9,11-13H,1-2H3;1-6,8-9H;/q2*-1;. The van der Waals surface area contributed by atoms with Crippen LogP contribution in [0.25, 0.3) is 33.6 Å². The van der Waals surface area contributed by atoms with Crippen LogP contribution in [-0.2, 0) is 20.1 Å². The van der Waals surface area contributed by atoms with Crippen LogP contribution in [0, 0.1) is 26.0 Å². The van der Waals surface area contributed by atoms with Crippen molar-refractivity contribution >= 4 is 0 Å². The van der Waals surface area contributed by atoms with E-state index in [9.17, 15) is 0 Å². The third-order valence-corrected chi connectivity index (χ3v) is 5.16. The Hall–Kier alpha value is -3.39. The molecule has 0 aliphatic heterocycles. The summed E-state index contributed by atoms with van der Waals surface area (Å²) in [6.45, 7) is 4.30. The van der Waals surface area contributed by atoms with Crippen LogP contribution in [0.1, 0.15) is 11.1 Å². The summed E-state index contributed by atoms with van der Waals surface area (Å²) in [5.41, 5.74) is 9.09. The van der Waals surface area contributed by atoms with Gasteiger partial charge in [-0.15, -0.1) is 71.8 Å². The van der Waals surface area contributed by atoms with Gasteiger partial charge in [0.05, 0.1) is 0 Å². The van der Waals surface area contributed by atoms with Crippen LogP contribution in [-0.4, -0.2) is 9.97 Å². The van der Waals surface area contributed by atoms with Crippen molar-refractivity contribution < 1.29 is 20.1 Å². The maximum Gasteiger partial charge on any atom is 0.0166 e. The second kappa shape index (κ2) is 12.0. The van der Waals surface area contributed by atoms with E-state index in [1.54, 1.807) is 6.20 Å². The minimum Gasteiger partial charge on any atom is -0.305 e. The van der Waals surface area contributed by atoms with Gasteiger partial charge < -0.3 is 9.97 Å². The number of aromatic nitrogens is 2. The Labute approximate surface area is 209 Å². The van der Waals surface area contributed by atoms with Gasteiger partial charge in [-0.25, -0.2) is 0 Å². The molecule has 33 heavy (non-hydrogen) atoms. The molecule has 0 N–H and O–H groups in total. The molecule has 1 radical (unpaired) electrons. The maximum absolute atomic E-state index is 4.46. The molecule has 0 amide bonds. The zero-order valence-corrected chi connectivity index (χ0v) is 21.0. The first-order chi connectivity index (χ1) is 15.7. The van der Waals surface area contributed by atoms with Crippen molar-refractivity contribution in [3.63, 3.8) is 0 Å². The Morgan fingerprint density at radius 2 is 1.18 bits per heavy atom. The largest absolute Gasteiger partial charge is 0.305 e. The van der Waals surface area contributed by atoms with Gasteiger partial charge >= 0.3 is 0 Å². The summed E-state index contributed by atoms with van der Waals surface area (Å²) < 4.78 is 0. The van der Waals surface area contributed by atoms with Gasteiger partial charge in [0.25, 0.3) is 0 Å².